The van der Waals surface area contributed by atoms with Gasteiger partial charge in [0.2, 0.25) is 5.91 Å². The maximum absolute atomic E-state index is 11.9. The van der Waals surface area contributed by atoms with Crippen LogP contribution in [0.2, 0.25) is 0 Å². The van der Waals surface area contributed by atoms with E-state index in [1.54, 1.807) is 18.2 Å². The smallest absolute Gasteiger partial charge is 0.263 e. The third-order valence-corrected chi connectivity index (χ3v) is 5.00. The summed E-state index contributed by atoms with van der Waals surface area (Å²) in [5.41, 5.74) is 1.57. The standard InChI is InChI=1S/C17H17N3O3S/c21-16(19-12-13-6-2-1-3-7-13)10-11-18-17-14-8-4-5-9-15(14)24(22,23)20-17/h1-9H,10-12H2,(H,18,20)(H,19,21). The largest absolute Gasteiger partial charge is 0.352 e. The second-order valence-corrected chi connectivity index (χ2v) is 7.00. The van der Waals surface area contributed by atoms with E-state index in [-0.39, 0.29) is 23.8 Å². The van der Waals surface area contributed by atoms with Crippen LogP contribution in [-0.4, -0.2) is 26.7 Å². The fraction of sp³-hybridized carbons (Fsp3) is 0.176. The van der Waals surface area contributed by atoms with Gasteiger partial charge in [-0.1, -0.05) is 42.5 Å². The number of hydrogen-bond acceptors (Lipinski definition) is 4. The molecule has 1 aliphatic rings. The number of rotatable bonds is 5. The number of sulfonamides is 1. The molecule has 0 saturated heterocycles. The summed E-state index contributed by atoms with van der Waals surface area (Å²) in [5.74, 6) is 0.166. The number of amides is 1. The van der Waals surface area contributed by atoms with Gasteiger partial charge in [0.05, 0.1) is 11.4 Å². The van der Waals surface area contributed by atoms with Crippen molar-refractivity contribution in [2.24, 2.45) is 4.99 Å². The van der Waals surface area contributed by atoms with E-state index in [1.165, 1.54) is 6.07 Å². The van der Waals surface area contributed by atoms with Gasteiger partial charge in [-0.3, -0.25) is 14.5 Å². The summed E-state index contributed by atoms with van der Waals surface area (Å²) >= 11 is 0. The lowest BCUT2D eigenvalue weighted by Gasteiger charge is -2.04. The van der Waals surface area contributed by atoms with Crippen LogP contribution in [0.25, 0.3) is 0 Å². The van der Waals surface area contributed by atoms with Gasteiger partial charge in [0.1, 0.15) is 5.84 Å². The first-order valence-corrected chi connectivity index (χ1v) is 9.02. The molecule has 1 amide bonds. The molecular formula is C17H17N3O3S. The lowest BCUT2D eigenvalue weighted by atomic mass is 10.2. The topological polar surface area (TPSA) is 87.6 Å². The number of aliphatic imine (C=N–C) groups is 1. The van der Waals surface area contributed by atoms with Crippen molar-refractivity contribution in [2.45, 2.75) is 17.9 Å². The fourth-order valence-corrected chi connectivity index (χ4v) is 3.66. The fourth-order valence-electron chi connectivity index (χ4n) is 2.41. The van der Waals surface area contributed by atoms with Gasteiger partial charge in [0.15, 0.2) is 0 Å². The lowest BCUT2D eigenvalue weighted by Crippen LogP contribution is -2.25. The highest BCUT2D eigenvalue weighted by atomic mass is 32.2. The summed E-state index contributed by atoms with van der Waals surface area (Å²) in [6.45, 7) is 0.679. The van der Waals surface area contributed by atoms with Crippen molar-refractivity contribution in [1.29, 1.82) is 0 Å². The zero-order valence-corrected chi connectivity index (χ0v) is 13.7. The number of benzene rings is 2. The molecule has 124 valence electrons. The molecule has 1 aliphatic heterocycles. The summed E-state index contributed by atoms with van der Waals surface area (Å²) in [6, 6.07) is 16.3. The Bertz CT molecular complexity index is 877. The van der Waals surface area contributed by atoms with E-state index in [9.17, 15) is 13.2 Å². The van der Waals surface area contributed by atoms with Gasteiger partial charge in [0, 0.05) is 18.5 Å². The molecule has 0 aromatic heterocycles. The summed E-state index contributed by atoms with van der Waals surface area (Å²) in [5, 5.41) is 2.81. The molecule has 2 N–H and O–H groups in total. The molecule has 0 aliphatic carbocycles. The van der Waals surface area contributed by atoms with Crippen LogP contribution in [0.3, 0.4) is 0 Å². The zero-order chi connectivity index (χ0) is 17.0. The molecule has 7 heteroatoms. The van der Waals surface area contributed by atoms with E-state index >= 15 is 0 Å². The monoisotopic (exact) mass is 343 g/mol. The first-order valence-electron chi connectivity index (χ1n) is 7.53. The second kappa shape index (κ2) is 6.84. The summed E-state index contributed by atoms with van der Waals surface area (Å²) in [4.78, 5) is 16.3. The van der Waals surface area contributed by atoms with Crippen molar-refractivity contribution in [1.82, 2.24) is 10.0 Å². The molecule has 1 heterocycles. The Hall–Kier alpha value is -2.67. The highest BCUT2D eigenvalue weighted by Gasteiger charge is 2.29. The van der Waals surface area contributed by atoms with Gasteiger partial charge in [0.25, 0.3) is 10.0 Å². The lowest BCUT2D eigenvalue weighted by molar-refractivity contribution is -0.121. The van der Waals surface area contributed by atoms with E-state index in [0.717, 1.165) is 5.56 Å². The van der Waals surface area contributed by atoms with E-state index in [1.807, 2.05) is 30.3 Å². The van der Waals surface area contributed by atoms with Crippen LogP contribution in [-0.2, 0) is 21.4 Å². The van der Waals surface area contributed by atoms with Gasteiger partial charge in [-0.25, -0.2) is 8.42 Å². The molecule has 0 radical (unpaired) electrons. The molecule has 0 spiro atoms. The van der Waals surface area contributed by atoms with Gasteiger partial charge < -0.3 is 5.32 Å². The maximum Gasteiger partial charge on any atom is 0.263 e. The number of carbonyl (C=O) groups excluding carboxylic acids is 1. The van der Waals surface area contributed by atoms with Gasteiger partial charge in [-0.05, 0) is 17.7 Å². The van der Waals surface area contributed by atoms with E-state index in [2.05, 4.69) is 15.0 Å². The Labute approximate surface area is 140 Å². The van der Waals surface area contributed by atoms with Crippen molar-refractivity contribution in [3.8, 4) is 0 Å². The molecule has 6 nitrogen and oxygen atoms in total. The number of nitrogens with one attached hydrogen (secondary N) is 2. The first-order chi connectivity index (χ1) is 11.6. The van der Waals surface area contributed by atoms with Gasteiger partial charge in [-0.15, -0.1) is 0 Å². The van der Waals surface area contributed by atoms with Crippen molar-refractivity contribution in [2.75, 3.05) is 6.54 Å². The van der Waals surface area contributed by atoms with Crippen LogP contribution in [0.15, 0.2) is 64.5 Å². The predicted octanol–water partition coefficient (Wildman–Crippen LogP) is 1.43. The number of amidine groups is 1. The number of carbonyl (C=O) groups is 1. The SMILES string of the molecule is O=C(CCN=C1NS(=O)(=O)c2ccccc21)NCc1ccccc1. The second-order valence-electron chi connectivity index (χ2n) is 5.34. The minimum atomic E-state index is -3.53. The number of nitrogens with zero attached hydrogens (tertiary/aromatic N) is 1. The Morgan fingerprint density at radius 2 is 1.75 bits per heavy atom. The molecular weight excluding hydrogens is 326 g/mol. The van der Waals surface area contributed by atoms with Crippen LogP contribution in [0.5, 0.6) is 0 Å². The molecule has 0 bridgehead atoms. The minimum Gasteiger partial charge on any atom is -0.352 e. The van der Waals surface area contributed by atoms with Crippen LogP contribution >= 0.6 is 0 Å². The first kappa shape index (κ1) is 16.2. The molecule has 24 heavy (non-hydrogen) atoms. The van der Waals surface area contributed by atoms with Crippen molar-refractivity contribution in [3.63, 3.8) is 0 Å². The Kier molecular flexibility index (Phi) is 4.61. The molecule has 2 aromatic carbocycles. The van der Waals surface area contributed by atoms with Gasteiger partial charge >= 0.3 is 0 Å². The average molecular weight is 343 g/mol. The predicted molar refractivity (Wildman–Crippen MR) is 91.1 cm³/mol. The van der Waals surface area contributed by atoms with Crippen LogP contribution in [0, 0.1) is 0 Å². The molecule has 3 rings (SSSR count). The maximum atomic E-state index is 11.9. The average Bonchev–Trinajstić information content (AvgIpc) is 2.85. The van der Waals surface area contributed by atoms with E-state index in [0.29, 0.717) is 17.9 Å². The van der Waals surface area contributed by atoms with Crippen molar-refractivity contribution >= 4 is 21.8 Å². The third-order valence-electron chi connectivity index (χ3n) is 3.60. The Morgan fingerprint density at radius 3 is 2.54 bits per heavy atom. The van der Waals surface area contributed by atoms with E-state index in [4.69, 9.17) is 0 Å². The quantitative estimate of drug-likeness (QED) is 0.861. The third kappa shape index (κ3) is 3.62. The minimum absolute atomic E-state index is 0.127. The van der Waals surface area contributed by atoms with Crippen LogP contribution in [0.1, 0.15) is 17.5 Å². The van der Waals surface area contributed by atoms with Crippen LogP contribution in [0.4, 0.5) is 0 Å². The van der Waals surface area contributed by atoms with Crippen molar-refractivity contribution < 1.29 is 13.2 Å². The van der Waals surface area contributed by atoms with Crippen molar-refractivity contribution in [3.05, 3.63) is 65.7 Å². The molecule has 0 saturated carbocycles. The number of hydrogen-bond donors (Lipinski definition) is 2. The molecule has 0 fully saturated rings. The summed E-state index contributed by atoms with van der Waals surface area (Å²) in [7, 11) is -3.53. The zero-order valence-electron chi connectivity index (χ0n) is 12.9. The Morgan fingerprint density at radius 1 is 1.04 bits per heavy atom. The molecule has 2 aromatic rings. The van der Waals surface area contributed by atoms with E-state index < -0.39 is 10.0 Å². The van der Waals surface area contributed by atoms with Gasteiger partial charge in [-0.2, -0.15) is 0 Å². The Balaban J connectivity index is 1.56. The highest BCUT2D eigenvalue weighted by Crippen LogP contribution is 2.22. The summed E-state index contributed by atoms with van der Waals surface area (Å²) in [6.07, 6.45) is 0.195. The van der Waals surface area contributed by atoms with Crippen LogP contribution < -0.4 is 10.0 Å². The highest BCUT2D eigenvalue weighted by molar-refractivity contribution is 7.90. The normalized spacial score (nSPS) is 16.4. The molecule has 0 unspecified atom stereocenters. The molecule has 0 atom stereocenters. The summed E-state index contributed by atoms with van der Waals surface area (Å²) < 4.78 is 26.3. The number of fused-ring (bicyclic) bond motifs is 1.